The second kappa shape index (κ2) is 5.36. The van der Waals surface area contributed by atoms with Crippen LogP contribution in [0.2, 0.25) is 0 Å². The molecule has 0 saturated carbocycles. The zero-order valence-electron chi connectivity index (χ0n) is 7.26. The number of nitrogens with zero attached hydrogens (tertiary/aromatic N) is 1. The van der Waals surface area contributed by atoms with E-state index in [0.29, 0.717) is 6.67 Å². The Labute approximate surface area is 71.1 Å². The molecular weight excluding hydrogens is 160 g/mol. The average Bonchev–Trinajstić information content (AvgIpc) is 1.96. The maximum absolute atomic E-state index is 10.8. The van der Waals surface area contributed by atoms with E-state index in [4.69, 9.17) is 5.73 Å². The number of hydrogen-bond acceptors (Lipinski definition) is 3. The number of nitrogens with one attached hydrogen (secondary N) is 2. The minimum Gasteiger partial charge on any atom is -0.368 e. The smallest absolute Gasteiger partial charge is 0.316 e. The van der Waals surface area contributed by atoms with Gasteiger partial charge in [0.15, 0.2) is 0 Å². The van der Waals surface area contributed by atoms with Gasteiger partial charge in [0.25, 0.3) is 0 Å². The first-order valence-corrected chi connectivity index (χ1v) is 3.47. The van der Waals surface area contributed by atoms with Crippen molar-refractivity contribution in [1.29, 1.82) is 0 Å². The van der Waals surface area contributed by atoms with E-state index in [1.165, 1.54) is 0 Å². The van der Waals surface area contributed by atoms with E-state index in [1.54, 1.807) is 4.90 Å². The van der Waals surface area contributed by atoms with Crippen LogP contribution in [0.3, 0.4) is 0 Å². The maximum Gasteiger partial charge on any atom is 0.316 e. The fourth-order valence-corrected chi connectivity index (χ4v) is 0.460. The third-order valence-corrected chi connectivity index (χ3v) is 0.979. The van der Waals surface area contributed by atoms with E-state index in [0.717, 1.165) is 0 Å². The Bertz CT molecular complexity index is 169. The van der Waals surface area contributed by atoms with Crippen LogP contribution in [0.5, 0.6) is 0 Å². The van der Waals surface area contributed by atoms with Crippen LogP contribution in [0.4, 0.5) is 4.79 Å². The minimum atomic E-state index is -0.560. The molecule has 0 aromatic heterocycles. The highest BCUT2D eigenvalue weighted by Gasteiger charge is 2.00. The van der Waals surface area contributed by atoms with Gasteiger partial charge in [-0.25, -0.2) is 4.79 Å². The van der Waals surface area contributed by atoms with Crippen molar-refractivity contribution >= 4 is 11.9 Å². The lowest BCUT2D eigenvalue weighted by Crippen LogP contribution is -2.43. The summed E-state index contributed by atoms with van der Waals surface area (Å²) in [6.45, 7) is 0.282. The van der Waals surface area contributed by atoms with E-state index in [-0.39, 0.29) is 6.54 Å². The van der Waals surface area contributed by atoms with Crippen LogP contribution in [0.1, 0.15) is 0 Å². The van der Waals surface area contributed by atoms with Gasteiger partial charge in [-0.05, 0) is 14.1 Å². The summed E-state index contributed by atoms with van der Waals surface area (Å²) in [5.74, 6) is -0.560. The molecule has 6 heteroatoms. The fourth-order valence-electron chi connectivity index (χ4n) is 0.460. The largest absolute Gasteiger partial charge is 0.368 e. The number of amides is 3. The van der Waals surface area contributed by atoms with Crippen molar-refractivity contribution < 1.29 is 9.59 Å². The van der Waals surface area contributed by atoms with Crippen molar-refractivity contribution in [2.45, 2.75) is 0 Å². The summed E-state index contributed by atoms with van der Waals surface area (Å²) in [5, 5.41) is 4.79. The molecule has 0 aliphatic carbocycles. The molecule has 4 N–H and O–H groups in total. The minimum absolute atomic E-state index is 0.140. The van der Waals surface area contributed by atoms with Gasteiger partial charge in [0.1, 0.15) is 0 Å². The Balaban J connectivity index is 3.40. The quantitative estimate of drug-likeness (QED) is 0.443. The Morgan fingerprint density at radius 3 is 2.33 bits per heavy atom. The number of urea groups is 1. The molecule has 0 radical (unpaired) electrons. The standard InChI is InChI=1S/C6H14N4O2/c1-10(2)4-9-6(12)8-3-5(7)11/h3-4H2,1-2H3,(H2,7,11)(H2,8,9,12). The van der Waals surface area contributed by atoms with Crippen LogP contribution >= 0.6 is 0 Å². The summed E-state index contributed by atoms with van der Waals surface area (Å²) in [6.07, 6.45) is 0. The first-order chi connectivity index (χ1) is 5.52. The third kappa shape index (κ3) is 6.81. The molecule has 0 aromatic carbocycles. The van der Waals surface area contributed by atoms with Crippen molar-refractivity contribution in [3.8, 4) is 0 Å². The van der Waals surface area contributed by atoms with Crippen LogP contribution in [0.25, 0.3) is 0 Å². The van der Waals surface area contributed by atoms with Gasteiger partial charge in [-0.15, -0.1) is 0 Å². The highest BCUT2D eigenvalue weighted by atomic mass is 16.2. The van der Waals surface area contributed by atoms with Crippen molar-refractivity contribution in [2.75, 3.05) is 27.3 Å². The molecule has 0 bridgehead atoms. The zero-order chi connectivity index (χ0) is 9.56. The van der Waals surface area contributed by atoms with Crippen molar-refractivity contribution in [1.82, 2.24) is 15.5 Å². The SMILES string of the molecule is CN(C)CNC(=O)NCC(N)=O. The van der Waals surface area contributed by atoms with Crippen LogP contribution in [0.15, 0.2) is 0 Å². The maximum atomic E-state index is 10.8. The van der Waals surface area contributed by atoms with E-state index in [2.05, 4.69) is 10.6 Å². The molecule has 0 heterocycles. The normalized spacial score (nSPS) is 9.58. The predicted octanol–water partition coefficient (Wildman–Crippen LogP) is -1.71. The molecule has 0 saturated heterocycles. The van der Waals surface area contributed by atoms with E-state index in [1.807, 2.05) is 14.1 Å². The first-order valence-electron chi connectivity index (χ1n) is 3.47. The molecule has 0 spiro atoms. The Morgan fingerprint density at radius 2 is 1.92 bits per heavy atom. The van der Waals surface area contributed by atoms with Gasteiger partial charge in [-0.3, -0.25) is 9.69 Å². The van der Waals surface area contributed by atoms with Gasteiger partial charge < -0.3 is 16.4 Å². The summed E-state index contributed by atoms with van der Waals surface area (Å²) < 4.78 is 0. The Kier molecular flexibility index (Phi) is 4.78. The number of nitrogens with two attached hydrogens (primary N) is 1. The molecule has 0 atom stereocenters. The molecule has 70 valence electrons. The van der Waals surface area contributed by atoms with Gasteiger partial charge >= 0.3 is 6.03 Å². The fraction of sp³-hybridized carbons (Fsp3) is 0.667. The lowest BCUT2D eigenvalue weighted by molar-refractivity contribution is -0.117. The number of primary amides is 1. The van der Waals surface area contributed by atoms with E-state index < -0.39 is 11.9 Å². The lowest BCUT2D eigenvalue weighted by atomic mass is 10.6. The number of rotatable bonds is 4. The Hall–Kier alpha value is -1.30. The van der Waals surface area contributed by atoms with Crippen LogP contribution < -0.4 is 16.4 Å². The van der Waals surface area contributed by atoms with Gasteiger partial charge in [-0.2, -0.15) is 0 Å². The van der Waals surface area contributed by atoms with E-state index in [9.17, 15) is 9.59 Å². The number of hydrogen-bond donors (Lipinski definition) is 3. The monoisotopic (exact) mass is 174 g/mol. The number of carbonyl (C=O) groups excluding carboxylic acids is 2. The average molecular weight is 174 g/mol. The third-order valence-electron chi connectivity index (χ3n) is 0.979. The van der Waals surface area contributed by atoms with Crippen LogP contribution in [-0.4, -0.2) is 44.1 Å². The van der Waals surface area contributed by atoms with Gasteiger partial charge in [-0.1, -0.05) is 0 Å². The summed E-state index contributed by atoms with van der Waals surface area (Å²) in [4.78, 5) is 22.8. The highest BCUT2D eigenvalue weighted by Crippen LogP contribution is 1.68. The molecule has 0 aromatic rings. The first kappa shape index (κ1) is 10.7. The number of carbonyl (C=O) groups is 2. The molecule has 12 heavy (non-hydrogen) atoms. The molecule has 0 rings (SSSR count). The van der Waals surface area contributed by atoms with Gasteiger partial charge in [0.05, 0.1) is 13.2 Å². The molecule has 0 fully saturated rings. The lowest BCUT2D eigenvalue weighted by Gasteiger charge is -2.10. The van der Waals surface area contributed by atoms with Crippen molar-refractivity contribution in [3.63, 3.8) is 0 Å². The van der Waals surface area contributed by atoms with Gasteiger partial charge in [0, 0.05) is 0 Å². The molecule has 3 amide bonds. The Morgan fingerprint density at radius 1 is 1.33 bits per heavy atom. The highest BCUT2D eigenvalue weighted by molar-refractivity contribution is 5.82. The second-order valence-electron chi connectivity index (χ2n) is 2.56. The van der Waals surface area contributed by atoms with Crippen LogP contribution in [-0.2, 0) is 4.79 Å². The second-order valence-corrected chi connectivity index (χ2v) is 2.56. The summed E-state index contributed by atoms with van der Waals surface area (Å²) in [6, 6.07) is -0.400. The van der Waals surface area contributed by atoms with Crippen LogP contribution in [0, 0.1) is 0 Å². The summed E-state index contributed by atoms with van der Waals surface area (Å²) in [5.41, 5.74) is 4.80. The molecule has 6 nitrogen and oxygen atoms in total. The molecule has 0 aliphatic rings. The van der Waals surface area contributed by atoms with Gasteiger partial charge in [0.2, 0.25) is 5.91 Å². The molecule has 0 unspecified atom stereocenters. The summed E-state index contributed by atoms with van der Waals surface area (Å²) >= 11 is 0. The summed E-state index contributed by atoms with van der Waals surface area (Å²) in [7, 11) is 3.63. The zero-order valence-corrected chi connectivity index (χ0v) is 7.26. The van der Waals surface area contributed by atoms with Crippen molar-refractivity contribution in [2.24, 2.45) is 5.73 Å². The topological polar surface area (TPSA) is 87.5 Å². The molecule has 0 aliphatic heterocycles. The predicted molar refractivity (Wildman–Crippen MR) is 44.3 cm³/mol. The van der Waals surface area contributed by atoms with Crippen molar-refractivity contribution in [3.05, 3.63) is 0 Å². The molecular formula is C6H14N4O2. The van der Waals surface area contributed by atoms with E-state index >= 15 is 0 Å².